The summed E-state index contributed by atoms with van der Waals surface area (Å²) in [6, 6.07) is 11.1. The highest BCUT2D eigenvalue weighted by Gasteiger charge is 2.20. The molecule has 0 bridgehead atoms. The Morgan fingerprint density at radius 3 is 2.60 bits per heavy atom. The third-order valence-corrected chi connectivity index (χ3v) is 4.26. The third kappa shape index (κ3) is 2.46. The van der Waals surface area contributed by atoms with Gasteiger partial charge in [-0.1, -0.05) is 23.7 Å². The molecule has 1 aromatic heterocycles. The molecule has 2 heterocycles. The first kappa shape index (κ1) is 13.3. The Morgan fingerprint density at radius 1 is 1.25 bits per heavy atom. The standard InChI is InChI=1S/C16H18ClN3/c1-11-3-2-8-20(11)14-6-4-12(5-7-14)13-9-15(17)16(18)19-10-13/h4-7,9-11H,2-3,8H2,1H3,(H2,18,19). The van der Waals surface area contributed by atoms with Crippen LogP contribution in [0.5, 0.6) is 0 Å². The van der Waals surface area contributed by atoms with Crippen molar-refractivity contribution in [3.8, 4) is 11.1 Å². The summed E-state index contributed by atoms with van der Waals surface area (Å²) in [6.07, 6.45) is 4.31. The Labute approximate surface area is 124 Å². The van der Waals surface area contributed by atoms with Gasteiger partial charge in [0, 0.05) is 30.0 Å². The molecule has 2 N–H and O–H groups in total. The molecule has 1 atom stereocenters. The van der Waals surface area contributed by atoms with Gasteiger partial charge in [0.2, 0.25) is 0 Å². The zero-order valence-electron chi connectivity index (χ0n) is 11.5. The second kappa shape index (κ2) is 5.33. The normalized spacial score (nSPS) is 18.5. The Hall–Kier alpha value is -1.74. The van der Waals surface area contributed by atoms with Crippen LogP contribution in [-0.2, 0) is 0 Å². The van der Waals surface area contributed by atoms with E-state index in [9.17, 15) is 0 Å². The van der Waals surface area contributed by atoms with Gasteiger partial charge in [-0.15, -0.1) is 0 Å². The third-order valence-electron chi connectivity index (χ3n) is 3.95. The first-order valence-corrected chi connectivity index (χ1v) is 7.31. The van der Waals surface area contributed by atoms with Crippen molar-refractivity contribution in [1.29, 1.82) is 0 Å². The quantitative estimate of drug-likeness (QED) is 0.909. The average molecular weight is 288 g/mol. The van der Waals surface area contributed by atoms with Crippen LogP contribution in [0.2, 0.25) is 5.02 Å². The molecule has 2 aromatic rings. The molecule has 0 saturated carbocycles. The number of nitrogens with two attached hydrogens (primary N) is 1. The van der Waals surface area contributed by atoms with E-state index in [1.165, 1.54) is 18.5 Å². The predicted octanol–water partition coefficient (Wildman–Crippen LogP) is 3.97. The molecule has 3 nitrogen and oxygen atoms in total. The SMILES string of the molecule is CC1CCCN1c1ccc(-c2cnc(N)c(Cl)c2)cc1. The van der Waals surface area contributed by atoms with Crippen LogP contribution in [0.3, 0.4) is 0 Å². The molecule has 1 saturated heterocycles. The van der Waals surface area contributed by atoms with Crippen molar-refractivity contribution in [1.82, 2.24) is 4.98 Å². The van der Waals surface area contributed by atoms with E-state index in [1.54, 1.807) is 6.20 Å². The predicted molar refractivity (Wildman–Crippen MR) is 85.1 cm³/mol. The first-order valence-electron chi connectivity index (χ1n) is 6.93. The molecule has 0 amide bonds. The Kier molecular flexibility index (Phi) is 3.53. The molecule has 3 rings (SSSR count). The zero-order chi connectivity index (χ0) is 14.1. The van der Waals surface area contributed by atoms with Crippen LogP contribution in [0.4, 0.5) is 11.5 Å². The van der Waals surface area contributed by atoms with E-state index in [0.717, 1.165) is 17.7 Å². The summed E-state index contributed by atoms with van der Waals surface area (Å²) < 4.78 is 0. The van der Waals surface area contributed by atoms with Gasteiger partial charge in [0.25, 0.3) is 0 Å². The summed E-state index contributed by atoms with van der Waals surface area (Å²) in [6.45, 7) is 3.43. The Bertz CT molecular complexity index is 610. The fourth-order valence-electron chi connectivity index (χ4n) is 2.77. The molecule has 1 aliphatic heterocycles. The number of halogens is 1. The lowest BCUT2D eigenvalue weighted by Gasteiger charge is -2.23. The maximum Gasteiger partial charge on any atom is 0.142 e. The van der Waals surface area contributed by atoms with Gasteiger partial charge in [-0.3, -0.25) is 0 Å². The molecule has 1 unspecified atom stereocenters. The molecule has 1 fully saturated rings. The van der Waals surface area contributed by atoms with Crippen molar-refractivity contribution < 1.29 is 0 Å². The molecular formula is C16H18ClN3. The maximum absolute atomic E-state index is 6.02. The number of pyridine rings is 1. The van der Waals surface area contributed by atoms with Gasteiger partial charge in [-0.05, 0) is 43.5 Å². The van der Waals surface area contributed by atoms with E-state index in [1.807, 2.05) is 6.07 Å². The molecule has 4 heteroatoms. The number of hydrogen-bond donors (Lipinski definition) is 1. The highest BCUT2D eigenvalue weighted by atomic mass is 35.5. The second-order valence-corrected chi connectivity index (χ2v) is 5.73. The lowest BCUT2D eigenvalue weighted by Crippen LogP contribution is -2.25. The van der Waals surface area contributed by atoms with Crippen LogP contribution in [0, 0.1) is 0 Å². The average Bonchev–Trinajstić information content (AvgIpc) is 2.88. The lowest BCUT2D eigenvalue weighted by molar-refractivity contribution is 0.735. The van der Waals surface area contributed by atoms with Gasteiger partial charge in [-0.2, -0.15) is 0 Å². The van der Waals surface area contributed by atoms with Crippen molar-refractivity contribution in [2.75, 3.05) is 17.2 Å². The largest absolute Gasteiger partial charge is 0.382 e. The van der Waals surface area contributed by atoms with E-state index in [2.05, 4.69) is 41.1 Å². The maximum atomic E-state index is 6.02. The summed E-state index contributed by atoms with van der Waals surface area (Å²) >= 11 is 6.02. The van der Waals surface area contributed by atoms with Crippen molar-refractivity contribution in [2.45, 2.75) is 25.8 Å². The summed E-state index contributed by atoms with van der Waals surface area (Å²) in [5.41, 5.74) is 9.02. The van der Waals surface area contributed by atoms with E-state index < -0.39 is 0 Å². The summed E-state index contributed by atoms with van der Waals surface area (Å²) in [5.74, 6) is 0.373. The minimum Gasteiger partial charge on any atom is -0.382 e. The van der Waals surface area contributed by atoms with E-state index in [-0.39, 0.29) is 0 Å². The van der Waals surface area contributed by atoms with Crippen molar-refractivity contribution in [3.63, 3.8) is 0 Å². The second-order valence-electron chi connectivity index (χ2n) is 5.32. The topological polar surface area (TPSA) is 42.2 Å². The molecule has 1 aromatic carbocycles. The summed E-state index contributed by atoms with van der Waals surface area (Å²) in [7, 11) is 0. The number of aromatic nitrogens is 1. The summed E-state index contributed by atoms with van der Waals surface area (Å²) in [5, 5.41) is 0.500. The lowest BCUT2D eigenvalue weighted by atomic mass is 10.1. The van der Waals surface area contributed by atoms with Crippen LogP contribution in [0.1, 0.15) is 19.8 Å². The number of benzene rings is 1. The number of nitrogens with zero attached hydrogens (tertiary/aromatic N) is 2. The molecular weight excluding hydrogens is 270 g/mol. The number of hydrogen-bond acceptors (Lipinski definition) is 3. The minimum atomic E-state index is 0.373. The fraction of sp³-hybridized carbons (Fsp3) is 0.312. The Balaban J connectivity index is 1.87. The van der Waals surface area contributed by atoms with Gasteiger partial charge in [0.05, 0.1) is 5.02 Å². The molecule has 0 spiro atoms. The number of nitrogen functional groups attached to an aromatic ring is 1. The van der Waals surface area contributed by atoms with Gasteiger partial charge in [-0.25, -0.2) is 4.98 Å². The highest BCUT2D eigenvalue weighted by Crippen LogP contribution is 2.29. The molecule has 0 aliphatic carbocycles. The van der Waals surface area contributed by atoms with Crippen molar-refractivity contribution in [2.24, 2.45) is 0 Å². The highest BCUT2D eigenvalue weighted by molar-refractivity contribution is 6.33. The first-order chi connectivity index (χ1) is 9.65. The van der Waals surface area contributed by atoms with Crippen LogP contribution >= 0.6 is 11.6 Å². The molecule has 1 aliphatic rings. The van der Waals surface area contributed by atoms with E-state index >= 15 is 0 Å². The number of rotatable bonds is 2. The molecule has 0 radical (unpaired) electrons. The van der Waals surface area contributed by atoms with Crippen LogP contribution in [0.15, 0.2) is 36.5 Å². The molecule has 104 valence electrons. The number of anilines is 2. The zero-order valence-corrected chi connectivity index (χ0v) is 12.3. The Morgan fingerprint density at radius 2 is 2.00 bits per heavy atom. The van der Waals surface area contributed by atoms with Gasteiger partial charge in [0.15, 0.2) is 0 Å². The summed E-state index contributed by atoms with van der Waals surface area (Å²) in [4.78, 5) is 6.56. The smallest absolute Gasteiger partial charge is 0.142 e. The van der Waals surface area contributed by atoms with E-state index in [0.29, 0.717) is 16.9 Å². The van der Waals surface area contributed by atoms with Gasteiger partial charge < -0.3 is 10.6 Å². The van der Waals surface area contributed by atoms with Crippen molar-refractivity contribution in [3.05, 3.63) is 41.6 Å². The monoisotopic (exact) mass is 287 g/mol. The van der Waals surface area contributed by atoms with Crippen LogP contribution in [0.25, 0.3) is 11.1 Å². The van der Waals surface area contributed by atoms with Crippen LogP contribution in [-0.4, -0.2) is 17.6 Å². The minimum absolute atomic E-state index is 0.373. The fourth-order valence-corrected chi connectivity index (χ4v) is 2.93. The molecule has 20 heavy (non-hydrogen) atoms. The van der Waals surface area contributed by atoms with Crippen molar-refractivity contribution >= 4 is 23.1 Å². The van der Waals surface area contributed by atoms with E-state index in [4.69, 9.17) is 17.3 Å². The van der Waals surface area contributed by atoms with Gasteiger partial charge in [0.1, 0.15) is 5.82 Å². The van der Waals surface area contributed by atoms with Gasteiger partial charge >= 0.3 is 0 Å². The van der Waals surface area contributed by atoms with Crippen LogP contribution < -0.4 is 10.6 Å².